The van der Waals surface area contributed by atoms with E-state index in [1.165, 1.54) is 0 Å². The molecule has 168 valence electrons. The van der Waals surface area contributed by atoms with E-state index in [2.05, 4.69) is 15.6 Å². The van der Waals surface area contributed by atoms with Gasteiger partial charge in [-0.15, -0.1) is 5.10 Å². The van der Waals surface area contributed by atoms with Crippen molar-refractivity contribution in [2.75, 3.05) is 13.7 Å². The van der Waals surface area contributed by atoms with Crippen LogP contribution in [-0.4, -0.2) is 57.4 Å². The molecule has 2 aromatic rings. The van der Waals surface area contributed by atoms with Crippen LogP contribution in [0.5, 0.6) is 5.75 Å². The Morgan fingerprint density at radius 1 is 1.23 bits per heavy atom. The molecule has 8 nitrogen and oxygen atoms in total. The van der Waals surface area contributed by atoms with E-state index in [1.807, 2.05) is 43.0 Å². The molecule has 0 radical (unpaired) electrons. The third-order valence-corrected chi connectivity index (χ3v) is 5.62. The smallest absolute Gasteiger partial charge is 0.273 e. The zero-order valence-corrected chi connectivity index (χ0v) is 18.7. The second kappa shape index (κ2) is 10.9. The summed E-state index contributed by atoms with van der Waals surface area (Å²) >= 11 is 0. The van der Waals surface area contributed by atoms with Gasteiger partial charge < -0.3 is 15.0 Å². The van der Waals surface area contributed by atoms with E-state index in [1.54, 1.807) is 18.0 Å². The third-order valence-electron chi connectivity index (χ3n) is 5.62. The highest BCUT2D eigenvalue weighted by molar-refractivity contribution is 5.91. The fraction of sp³-hybridized carbons (Fsp3) is 0.565. The molecule has 0 bridgehead atoms. The first-order chi connectivity index (χ1) is 15.0. The summed E-state index contributed by atoms with van der Waals surface area (Å²) in [5.74, 6) is 0.814. The number of likely N-dealkylation sites (tertiary alicyclic amines) is 1. The van der Waals surface area contributed by atoms with Gasteiger partial charge in [0, 0.05) is 31.6 Å². The maximum Gasteiger partial charge on any atom is 0.273 e. The molecule has 1 aromatic heterocycles. The number of amides is 2. The number of hydrogen-bond acceptors (Lipinski definition) is 5. The van der Waals surface area contributed by atoms with Gasteiger partial charge in [0.15, 0.2) is 5.69 Å². The van der Waals surface area contributed by atoms with E-state index >= 15 is 0 Å². The molecule has 1 N–H and O–H groups in total. The highest BCUT2D eigenvalue weighted by atomic mass is 16.5. The second-order valence-electron chi connectivity index (χ2n) is 8.37. The average molecular weight is 428 g/mol. The SMILES string of the molecule is COc1ccc(CCC(=O)N2CCCCC2CCn2cc(C(=O)NC(C)C)nn2)cc1. The van der Waals surface area contributed by atoms with Crippen LogP contribution in [0.15, 0.2) is 30.5 Å². The minimum absolute atomic E-state index is 0.0531. The van der Waals surface area contributed by atoms with Crippen molar-refractivity contribution in [1.82, 2.24) is 25.2 Å². The Hall–Kier alpha value is -2.90. The predicted molar refractivity (Wildman–Crippen MR) is 118 cm³/mol. The zero-order chi connectivity index (χ0) is 22.2. The van der Waals surface area contributed by atoms with E-state index in [0.717, 1.165) is 50.0 Å². The molecule has 8 heteroatoms. The van der Waals surface area contributed by atoms with E-state index in [4.69, 9.17) is 4.74 Å². The van der Waals surface area contributed by atoms with Crippen LogP contribution in [0, 0.1) is 0 Å². The molecule has 2 heterocycles. The number of piperidine rings is 1. The minimum Gasteiger partial charge on any atom is -0.497 e. The predicted octanol–water partition coefficient (Wildman–Crippen LogP) is 2.83. The van der Waals surface area contributed by atoms with Crippen LogP contribution in [-0.2, 0) is 17.8 Å². The van der Waals surface area contributed by atoms with Gasteiger partial charge in [0.25, 0.3) is 5.91 Å². The van der Waals surface area contributed by atoms with Crippen molar-refractivity contribution < 1.29 is 14.3 Å². The van der Waals surface area contributed by atoms with Crippen LogP contribution < -0.4 is 10.1 Å². The van der Waals surface area contributed by atoms with Crippen LogP contribution in [0.2, 0.25) is 0 Å². The lowest BCUT2D eigenvalue weighted by molar-refractivity contribution is -0.135. The van der Waals surface area contributed by atoms with Crippen molar-refractivity contribution in [2.45, 2.75) is 71.0 Å². The zero-order valence-electron chi connectivity index (χ0n) is 18.7. The van der Waals surface area contributed by atoms with Crippen molar-refractivity contribution in [3.8, 4) is 5.75 Å². The van der Waals surface area contributed by atoms with Crippen molar-refractivity contribution >= 4 is 11.8 Å². The van der Waals surface area contributed by atoms with Gasteiger partial charge in [0.05, 0.1) is 13.3 Å². The number of hydrogen-bond donors (Lipinski definition) is 1. The molecule has 1 aliphatic heterocycles. The lowest BCUT2D eigenvalue weighted by Crippen LogP contribution is -2.44. The Morgan fingerprint density at radius 3 is 2.71 bits per heavy atom. The normalized spacial score (nSPS) is 16.4. The summed E-state index contributed by atoms with van der Waals surface area (Å²) in [7, 11) is 1.65. The molecule has 1 atom stereocenters. The maximum absolute atomic E-state index is 12.9. The Balaban J connectivity index is 1.52. The van der Waals surface area contributed by atoms with Crippen molar-refractivity contribution in [2.24, 2.45) is 0 Å². The van der Waals surface area contributed by atoms with E-state index < -0.39 is 0 Å². The van der Waals surface area contributed by atoms with Crippen LogP contribution in [0.25, 0.3) is 0 Å². The molecule has 1 unspecified atom stereocenters. The topological polar surface area (TPSA) is 89.4 Å². The molecule has 31 heavy (non-hydrogen) atoms. The van der Waals surface area contributed by atoms with Crippen LogP contribution in [0.1, 0.15) is 62.0 Å². The quantitative estimate of drug-likeness (QED) is 0.665. The number of aromatic nitrogens is 3. The number of methoxy groups -OCH3 is 1. The maximum atomic E-state index is 12.9. The van der Waals surface area contributed by atoms with Crippen molar-refractivity contribution in [3.63, 3.8) is 0 Å². The monoisotopic (exact) mass is 427 g/mol. The number of nitrogens with zero attached hydrogens (tertiary/aromatic N) is 4. The molecule has 0 saturated carbocycles. The van der Waals surface area contributed by atoms with Crippen molar-refractivity contribution in [1.29, 1.82) is 0 Å². The Labute approximate surface area is 183 Å². The Morgan fingerprint density at radius 2 is 2.00 bits per heavy atom. The first-order valence-electron chi connectivity index (χ1n) is 11.1. The Kier molecular flexibility index (Phi) is 8.03. The van der Waals surface area contributed by atoms with Gasteiger partial charge in [-0.2, -0.15) is 0 Å². The van der Waals surface area contributed by atoms with Gasteiger partial charge in [-0.05, 0) is 63.6 Å². The summed E-state index contributed by atoms with van der Waals surface area (Å²) in [5, 5.41) is 10.9. The standard InChI is InChI=1S/C23H33N5O3/c1-17(2)24-23(30)21-16-27(26-25-21)15-13-19-6-4-5-14-28(19)22(29)12-9-18-7-10-20(31-3)11-8-18/h7-8,10-11,16-17,19H,4-6,9,12-15H2,1-3H3,(H,24,30). The first kappa shape index (κ1) is 22.8. The summed E-state index contributed by atoms with van der Waals surface area (Å²) in [4.78, 5) is 27.0. The highest BCUT2D eigenvalue weighted by Gasteiger charge is 2.26. The molecule has 1 aliphatic rings. The van der Waals surface area contributed by atoms with Crippen LogP contribution in [0.3, 0.4) is 0 Å². The Bertz CT molecular complexity index is 862. The van der Waals surface area contributed by atoms with E-state index in [0.29, 0.717) is 18.7 Å². The minimum atomic E-state index is -0.214. The highest BCUT2D eigenvalue weighted by Crippen LogP contribution is 2.22. The second-order valence-corrected chi connectivity index (χ2v) is 8.37. The van der Waals surface area contributed by atoms with Gasteiger partial charge in [-0.25, -0.2) is 0 Å². The summed E-state index contributed by atoms with van der Waals surface area (Å²) in [5.41, 5.74) is 1.46. The van der Waals surface area contributed by atoms with Gasteiger partial charge in [-0.1, -0.05) is 17.3 Å². The lowest BCUT2D eigenvalue weighted by atomic mass is 9.98. The average Bonchev–Trinajstić information content (AvgIpc) is 3.25. The summed E-state index contributed by atoms with van der Waals surface area (Å²) < 4.78 is 6.89. The number of ether oxygens (including phenoxy) is 1. The number of carbonyl (C=O) groups is 2. The molecule has 0 spiro atoms. The lowest BCUT2D eigenvalue weighted by Gasteiger charge is -2.36. The molecular formula is C23H33N5O3. The van der Waals surface area contributed by atoms with Gasteiger partial charge in [0.2, 0.25) is 5.91 Å². The first-order valence-corrected chi connectivity index (χ1v) is 11.1. The molecule has 1 aromatic carbocycles. The number of rotatable bonds is 9. The fourth-order valence-corrected chi connectivity index (χ4v) is 3.95. The van der Waals surface area contributed by atoms with Crippen LogP contribution in [0.4, 0.5) is 0 Å². The van der Waals surface area contributed by atoms with Gasteiger partial charge in [-0.3, -0.25) is 14.3 Å². The molecular weight excluding hydrogens is 394 g/mol. The summed E-state index contributed by atoms with van der Waals surface area (Å²) in [6.45, 7) is 5.26. The molecule has 1 fully saturated rings. The fourth-order valence-electron chi connectivity index (χ4n) is 3.95. The third kappa shape index (κ3) is 6.54. The molecule has 1 saturated heterocycles. The number of carbonyl (C=O) groups excluding carboxylic acids is 2. The largest absolute Gasteiger partial charge is 0.497 e. The van der Waals surface area contributed by atoms with Crippen molar-refractivity contribution in [3.05, 3.63) is 41.7 Å². The van der Waals surface area contributed by atoms with E-state index in [-0.39, 0.29) is 23.9 Å². The molecule has 0 aliphatic carbocycles. The molecule has 2 amide bonds. The number of aryl methyl sites for hydroxylation is 2. The van der Waals surface area contributed by atoms with Gasteiger partial charge in [0.1, 0.15) is 5.75 Å². The van der Waals surface area contributed by atoms with Gasteiger partial charge >= 0.3 is 0 Å². The van der Waals surface area contributed by atoms with Crippen LogP contribution >= 0.6 is 0 Å². The molecule has 3 rings (SSSR count). The summed E-state index contributed by atoms with van der Waals surface area (Å²) in [6, 6.07) is 8.13. The van der Waals surface area contributed by atoms with E-state index in [9.17, 15) is 9.59 Å². The number of nitrogens with one attached hydrogen (secondary N) is 1. The summed E-state index contributed by atoms with van der Waals surface area (Å²) in [6.07, 6.45) is 6.90. The number of benzene rings is 1.